The minimum atomic E-state index is 0.0195. The smallest absolute Gasteiger partial charge is 0.234 e. The number of carbonyl (C=O) groups excluding carboxylic acids is 1. The zero-order valence-corrected chi connectivity index (χ0v) is 14.6. The number of benzene rings is 1. The summed E-state index contributed by atoms with van der Waals surface area (Å²) in [6, 6.07) is 9.73. The van der Waals surface area contributed by atoms with E-state index in [0.29, 0.717) is 35.6 Å². The molecule has 0 aliphatic carbocycles. The Hall–Kier alpha value is -1.85. The monoisotopic (exact) mass is 347 g/mol. The SMILES string of the molecule is C[C@H]1CCCCN1CC(=O)NCc1cc(-c2ccccc2Cl)on1. The Morgan fingerprint density at radius 1 is 1.42 bits per heavy atom. The second-order valence-corrected chi connectivity index (χ2v) is 6.66. The van der Waals surface area contributed by atoms with Gasteiger partial charge in [0.1, 0.15) is 5.69 Å². The van der Waals surface area contributed by atoms with Crippen molar-refractivity contribution in [2.24, 2.45) is 0 Å². The Kier molecular flexibility index (Phi) is 5.53. The van der Waals surface area contributed by atoms with Crippen molar-refractivity contribution in [2.45, 2.75) is 38.8 Å². The minimum Gasteiger partial charge on any atom is -0.356 e. The number of nitrogens with one attached hydrogen (secondary N) is 1. The number of hydrogen-bond donors (Lipinski definition) is 1. The first kappa shape index (κ1) is 17.0. The topological polar surface area (TPSA) is 58.4 Å². The molecule has 1 aromatic carbocycles. The maximum absolute atomic E-state index is 12.1. The summed E-state index contributed by atoms with van der Waals surface area (Å²) in [5.74, 6) is 0.626. The molecule has 0 saturated carbocycles. The van der Waals surface area contributed by atoms with E-state index in [9.17, 15) is 4.79 Å². The minimum absolute atomic E-state index is 0.0195. The highest BCUT2D eigenvalue weighted by Gasteiger charge is 2.20. The van der Waals surface area contributed by atoms with E-state index in [4.69, 9.17) is 16.1 Å². The van der Waals surface area contributed by atoms with Crippen molar-refractivity contribution in [3.05, 3.63) is 41.0 Å². The van der Waals surface area contributed by atoms with Gasteiger partial charge in [-0.2, -0.15) is 0 Å². The predicted molar refractivity (Wildman–Crippen MR) is 93.7 cm³/mol. The Morgan fingerprint density at radius 2 is 2.25 bits per heavy atom. The molecule has 0 unspecified atom stereocenters. The molecule has 2 heterocycles. The summed E-state index contributed by atoms with van der Waals surface area (Å²) >= 11 is 6.15. The average molecular weight is 348 g/mol. The first-order valence-corrected chi connectivity index (χ1v) is 8.72. The van der Waals surface area contributed by atoms with Gasteiger partial charge in [-0.15, -0.1) is 0 Å². The number of nitrogens with zero attached hydrogens (tertiary/aromatic N) is 2. The third kappa shape index (κ3) is 4.16. The van der Waals surface area contributed by atoms with Gasteiger partial charge in [0.15, 0.2) is 5.76 Å². The van der Waals surface area contributed by atoms with Gasteiger partial charge in [0, 0.05) is 17.7 Å². The van der Waals surface area contributed by atoms with Crippen LogP contribution in [0.25, 0.3) is 11.3 Å². The lowest BCUT2D eigenvalue weighted by atomic mass is 10.0. The van der Waals surface area contributed by atoms with Gasteiger partial charge < -0.3 is 9.84 Å². The highest BCUT2D eigenvalue weighted by Crippen LogP contribution is 2.27. The van der Waals surface area contributed by atoms with E-state index in [0.717, 1.165) is 18.5 Å². The first-order valence-electron chi connectivity index (χ1n) is 8.35. The van der Waals surface area contributed by atoms with Gasteiger partial charge >= 0.3 is 0 Å². The van der Waals surface area contributed by atoms with E-state index in [1.807, 2.05) is 24.3 Å². The van der Waals surface area contributed by atoms with Crippen LogP contribution in [-0.2, 0) is 11.3 Å². The second-order valence-electron chi connectivity index (χ2n) is 6.25. The van der Waals surface area contributed by atoms with Crippen LogP contribution in [0.4, 0.5) is 0 Å². The molecule has 3 rings (SSSR count). The number of halogens is 1. The Morgan fingerprint density at radius 3 is 3.04 bits per heavy atom. The number of piperidine rings is 1. The first-order chi connectivity index (χ1) is 11.6. The predicted octanol–water partition coefficient (Wildman–Crippen LogP) is 3.49. The van der Waals surface area contributed by atoms with E-state index in [-0.39, 0.29) is 5.91 Å². The van der Waals surface area contributed by atoms with Crippen LogP contribution < -0.4 is 5.32 Å². The van der Waals surface area contributed by atoms with Crippen LogP contribution in [-0.4, -0.2) is 35.1 Å². The maximum atomic E-state index is 12.1. The summed E-state index contributed by atoms with van der Waals surface area (Å²) in [4.78, 5) is 14.4. The fourth-order valence-electron chi connectivity index (χ4n) is 3.01. The summed E-state index contributed by atoms with van der Waals surface area (Å²) < 4.78 is 5.33. The van der Waals surface area contributed by atoms with Crippen LogP contribution >= 0.6 is 11.6 Å². The highest BCUT2D eigenvalue weighted by molar-refractivity contribution is 6.33. The molecule has 6 heteroatoms. The molecule has 5 nitrogen and oxygen atoms in total. The van der Waals surface area contributed by atoms with Crippen LogP contribution in [0.1, 0.15) is 31.9 Å². The van der Waals surface area contributed by atoms with Crippen molar-refractivity contribution in [2.75, 3.05) is 13.1 Å². The third-order valence-corrected chi connectivity index (χ3v) is 4.78. The molecule has 24 heavy (non-hydrogen) atoms. The van der Waals surface area contributed by atoms with Crippen molar-refractivity contribution < 1.29 is 9.32 Å². The normalized spacial score (nSPS) is 18.5. The molecule has 0 spiro atoms. The molecule has 1 N–H and O–H groups in total. The van der Waals surface area contributed by atoms with Crippen LogP contribution in [0.3, 0.4) is 0 Å². The Balaban J connectivity index is 1.54. The fraction of sp³-hybridized carbons (Fsp3) is 0.444. The molecule has 1 fully saturated rings. The third-order valence-electron chi connectivity index (χ3n) is 4.45. The van der Waals surface area contributed by atoms with Crippen LogP contribution in [0.5, 0.6) is 0 Å². The van der Waals surface area contributed by atoms with Gasteiger partial charge in [-0.3, -0.25) is 9.69 Å². The van der Waals surface area contributed by atoms with Crippen molar-refractivity contribution in [1.82, 2.24) is 15.4 Å². The number of aromatic nitrogens is 1. The van der Waals surface area contributed by atoms with E-state index >= 15 is 0 Å². The molecule has 0 bridgehead atoms. The molecule has 1 amide bonds. The fourth-order valence-corrected chi connectivity index (χ4v) is 3.23. The van der Waals surface area contributed by atoms with Gasteiger partial charge in [-0.25, -0.2) is 0 Å². The molecule has 1 atom stereocenters. The molecule has 0 radical (unpaired) electrons. The van der Waals surface area contributed by atoms with Crippen molar-refractivity contribution in [3.63, 3.8) is 0 Å². The number of carbonyl (C=O) groups is 1. The van der Waals surface area contributed by atoms with Crippen LogP contribution in [0.2, 0.25) is 5.02 Å². The quantitative estimate of drug-likeness (QED) is 0.899. The maximum Gasteiger partial charge on any atom is 0.234 e. The summed E-state index contributed by atoms with van der Waals surface area (Å²) in [5.41, 5.74) is 1.48. The van der Waals surface area contributed by atoms with Gasteiger partial charge in [-0.1, -0.05) is 35.3 Å². The standard InChI is InChI=1S/C18H22ClN3O2/c1-13-6-4-5-9-22(13)12-18(23)20-11-14-10-17(24-21-14)15-7-2-3-8-16(15)19/h2-3,7-8,10,13H,4-6,9,11-12H2,1H3,(H,20,23)/t13-/m0/s1. The second kappa shape index (κ2) is 7.81. The molecule has 1 aliphatic rings. The highest BCUT2D eigenvalue weighted by atomic mass is 35.5. The Labute approximate surface area is 147 Å². The average Bonchev–Trinajstić information content (AvgIpc) is 3.04. The van der Waals surface area contributed by atoms with Crippen molar-refractivity contribution in [3.8, 4) is 11.3 Å². The van der Waals surface area contributed by atoms with Crippen LogP contribution in [0.15, 0.2) is 34.9 Å². The summed E-state index contributed by atoms with van der Waals surface area (Å²) in [6.45, 7) is 3.97. The summed E-state index contributed by atoms with van der Waals surface area (Å²) in [5, 5.41) is 7.53. The Bertz CT molecular complexity index is 701. The lowest BCUT2D eigenvalue weighted by molar-refractivity contribution is -0.123. The number of rotatable bonds is 5. The van der Waals surface area contributed by atoms with Crippen molar-refractivity contribution in [1.29, 1.82) is 0 Å². The van der Waals surface area contributed by atoms with E-state index in [1.165, 1.54) is 12.8 Å². The molecule has 1 saturated heterocycles. The van der Waals surface area contributed by atoms with Crippen molar-refractivity contribution >= 4 is 17.5 Å². The number of hydrogen-bond acceptors (Lipinski definition) is 4. The molecule has 2 aromatic rings. The molecule has 1 aromatic heterocycles. The van der Waals surface area contributed by atoms with E-state index < -0.39 is 0 Å². The van der Waals surface area contributed by atoms with E-state index in [2.05, 4.69) is 22.3 Å². The molecular weight excluding hydrogens is 326 g/mol. The van der Waals surface area contributed by atoms with E-state index in [1.54, 1.807) is 6.07 Å². The largest absolute Gasteiger partial charge is 0.356 e. The lowest BCUT2D eigenvalue weighted by Crippen LogP contribution is -2.44. The zero-order chi connectivity index (χ0) is 16.9. The zero-order valence-electron chi connectivity index (χ0n) is 13.8. The molecule has 128 valence electrons. The van der Waals surface area contributed by atoms with Gasteiger partial charge in [0.05, 0.1) is 18.1 Å². The van der Waals surface area contributed by atoms with Crippen LogP contribution in [0, 0.1) is 0 Å². The summed E-state index contributed by atoms with van der Waals surface area (Å²) in [7, 11) is 0. The van der Waals surface area contributed by atoms with Gasteiger partial charge in [0.2, 0.25) is 5.91 Å². The number of likely N-dealkylation sites (tertiary alicyclic amines) is 1. The molecule has 1 aliphatic heterocycles. The van der Waals surface area contributed by atoms with Gasteiger partial charge in [0.25, 0.3) is 0 Å². The summed E-state index contributed by atoms with van der Waals surface area (Å²) in [6.07, 6.45) is 3.59. The van der Waals surface area contributed by atoms with Gasteiger partial charge in [-0.05, 0) is 38.4 Å². The lowest BCUT2D eigenvalue weighted by Gasteiger charge is -2.32. The molecular formula is C18H22ClN3O2. The number of amides is 1.